The number of nitrogens with one attached hydrogen (secondary N) is 1. The smallest absolute Gasteiger partial charge is 0.256 e. The van der Waals surface area contributed by atoms with Gasteiger partial charge in [-0.1, -0.05) is 6.07 Å². The Bertz CT molecular complexity index is 824. The number of hydrogen-bond acceptors (Lipinski definition) is 3. The summed E-state index contributed by atoms with van der Waals surface area (Å²) in [6.07, 6.45) is 1.97. The Labute approximate surface area is 158 Å². The Morgan fingerprint density at radius 2 is 2.04 bits per heavy atom. The van der Waals surface area contributed by atoms with Gasteiger partial charge in [-0.2, -0.15) is 0 Å². The van der Waals surface area contributed by atoms with Crippen molar-refractivity contribution in [1.82, 2.24) is 10.2 Å². The third-order valence-corrected chi connectivity index (χ3v) is 4.99. The molecular formula is C21H24F2N2O2. The van der Waals surface area contributed by atoms with Crippen LogP contribution in [0.2, 0.25) is 0 Å². The second kappa shape index (κ2) is 8.48. The lowest BCUT2D eigenvalue weighted by atomic mass is 9.96. The molecule has 27 heavy (non-hydrogen) atoms. The molecule has 1 saturated heterocycles. The number of piperidine rings is 1. The third-order valence-electron chi connectivity index (χ3n) is 4.99. The fourth-order valence-corrected chi connectivity index (χ4v) is 3.59. The molecule has 0 spiro atoms. The van der Waals surface area contributed by atoms with Gasteiger partial charge in [-0.25, -0.2) is 8.78 Å². The van der Waals surface area contributed by atoms with Crippen LogP contribution in [0.15, 0.2) is 36.4 Å². The van der Waals surface area contributed by atoms with Crippen LogP contribution in [-0.2, 0) is 0 Å². The normalized spacial score (nSPS) is 17.0. The third kappa shape index (κ3) is 4.27. The number of rotatable bonds is 5. The molecule has 2 aromatic carbocycles. The maximum Gasteiger partial charge on any atom is 0.256 e. The van der Waals surface area contributed by atoms with Gasteiger partial charge < -0.3 is 15.0 Å². The van der Waals surface area contributed by atoms with E-state index in [0.717, 1.165) is 19.4 Å². The van der Waals surface area contributed by atoms with E-state index in [1.54, 1.807) is 17.0 Å². The number of hydrogen-bond donors (Lipinski definition) is 1. The number of amides is 1. The standard InChI is InChI=1S/C21H24F2N2O2/c1-24-12-14-4-3-9-25(13-14)21(26)18-7-5-15(10-19(18)22)17-8-6-16(27-2)11-20(17)23/h5-8,10-11,14,24H,3-4,9,12-13H2,1-2H3. The van der Waals surface area contributed by atoms with Crippen LogP contribution in [0.5, 0.6) is 5.75 Å². The molecule has 0 aromatic heterocycles. The van der Waals surface area contributed by atoms with Crippen molar-refractivity contribution in [1.29, 1.82) is 0 Å². The lowest BCUT2D eigenvalue weighted by Gasteiger charge is -2.32. The molecular weight excluding hydrogens is 350 g/mol. The summed E-state index contributed by atoms with van der Waals surface area (Å²) in [7, 11) is 3.34. The minimum Gasteiger partial charge on any atom is -0.497 e. The molecule has 1 atom stereocenters. The van der Waals surface area contributed by atoms with Gasteiger partial charge >= 0.3 is 0 Å². The minimum absolute atomic E-state index is 0.0257. The van der Waals surface area contributed by atoms with Crippen LogP contribution in [0.1, 0.15) is 23.2 Å². The molecule has 4 nitrogen and oxygen atoms in total. The van der Waals surface area contributed by atoms with E-state index in [1.165, 1.54) is 31.4 Å². The van der Waals surface area contributed by atoms with Crippen molar-refractivity contribution in [2.24, 2.45) is 5.92 Å². The largest absolute Gasteiger partial charge is 0.497 e. The molecule has 1 fully saturated rings. The topological polar surface area (TPSA) is 41.6 Å². The van der Waals surface area contributed by atoms with Gasteiger partial charge in [0.15, 0.2) is 0 Å². The van der Waals surface area contributed by atoms with E-state index in [-0.39, 0.29) is 17.0 Å². The van der Waals surface area contributed by atoms with Crippen LogP contribution in [0, 0.1) is 17.6 Å². The minimum atomic E-state index is -0.636. The first-order valence-corrected chi connectivity index (χ1v) is 9.10. The summed E-state index contributed by atoms with van der Waals surface area (Å²) in [4.78, 5) is 14.4. The summed E-state index contributed by atoms with van der Waals surface area (Å²) in [5, 5.41) is 3.13. The van der Waals surface area contributed by atoms with E-state index in [2.05, 4.69) is 5.32 Å². The van der Waals surface area contributed by atoms with E-state index in [1.807, 2.05) is 7.05 Å². The van der Waals surface area contributed by atoms with Crippen molar-refractivity contribution in [2.75, 3.05) is 33.8 Å². The zero-order valence-corrected chi connectivity index (χ0v) is 15.6. The first-order chi connectivity index (χ1) is 13.0. The van der Waals surface area contributed by atoms with Crippen molar-refractivity contribution in [3.8, 4) is 16.9 Å². The highest BCUT2D eigenvalue weighted by atomic mass is 19.1. The van der Waals surface area contributed by atoms with Crippen molar-refractivity contribution in [2.45, 2.75) is 12.8 Å². The van der Waals surface area contributed by atoms with Crippen LogP contribution < -0.4 is 10.1 Å². The monoisotopic (exact) mass is 374 g/mol. The molecule has 1 N–H and O–H groups in total. The number of benzene rings is 2. The van der Waals surface area contributed by atoms with E-state index >= 15 is 0 Å². The molecule has 0 aliphatic carbocycles. The predicted octanol–water partition coefficient (Wildman–Crippen LogP) is 3.71. The highest BCUT2D eigenvalue weighted by molar-refractivity contribution is 5.95. The fourth-order valence-electron chi connectivity index (χ4n) is 3.59. The number of nitrogens with zero attached hydrogens (tertiary/aromatic N) is 1. The number of ether oxygens (including phenoxy) is 1. The van der Waals surface area contributed by atoms with Gasteiger partial charge in [0.1, 0.15) is 17.4 Å². The predicted molar refractivity (Wildman–Crippen MR) is 101 cm³/mol. The van der Waals surface area contributed by atoms with Gasteiger partial charge in [-0.3, -0.25) is 4.79 Å². The molecule has 1 amide bonds. The average Bonchev–Trinajstić information content (AvgIpc) is 2.67. The van der Waals surface area contributed by atoms with Crippen molar-refractivity contribution in [3.63, 3.8) is 0 Å². The van der Waals surface area contributed by atoms with Crippen LogP contribution in [0.4, 0.5) is 8.78 Å². The van der Waals surface area contributed by atoms with Crippen LogP contribution in [-0.4, -0.2) is 44.6 Å². The molecule has 144 valence electrons. The summed E-state index contributed by atoms with van der Waals surface area (Å²) >= 11 is 0. The summed E-state index contributed by atoms with van der Waals surface area (Å²) in [6, 6.07) is 8.64. The molecule has 0 bridgehead atoms. The summed E-state index contributed by atoms with van der Waals surface area (Å²) in [6.45, 7) is 2.09. The van der Waals surface area contributed by atoms with Crippen molar-refractivity contribution < 1.29 is 18.3 Å². The number of halogens is 2. The van der Waals surface area contributed by atoms with E-state index in [0.29, 0.717) is 30.3 Å². The van der Waals surface area contributed by atoms with E-state index < -0.39 is 11.6 Å². The van der Waals surface area contributed by atoms with Gasteiger partial charge in [0.2, 0.25) is 0 Å². The molecule has 3 rings (SSSR count). The number of carbonyl (C=O) groups excluding carboxylic acids is 1. The van der Waals surface area contributed by atoms with E-state index in [4.69, 9.17) is 4.74 Å². The van der Waals surface area contributed by atoms with Gasteiger partial charge in [-0.05, 0) is 62.2 Å². The van der Waals surface area contributed by atoms with E-state index in [9.17, 15) is 13.6 Å². The zero-order chi connectivity index (χ0) is 19.4. The Kier molecular flexibility index (Phi) is 6.06. The van der Waals surface area contributed by atoms with Crippen molar-refractivity contribution >= 4 is 5.91 Å². The maximum absolute atomic E-state index is 14.7. The average molecular weight is 374 g/mol. The lowest BCUT2D eigenvalue weighted by Crippen LogP contribution is -2.42. The number of carbonyl (C=O) groups is 1. The molecule has 1 unspecified atom stereocenters. The molecule has 6 heteroatoms. The fraction of sp³-hybridized carbons (Fsp3) is 0.381. The first-order valence-electron chi connectivity index (χ1n) is 9.10. The first kappa shape index (κ1) is 19.3. The Hall–Kier alpha value is -2.47. The highest BCUT2D eigenvalue weighted by Gasteiger charge is 2.26. The number of methoxy groups -OCH3 is 1. The second-order valence-corrected chi connectivity index (χ2v) is 6.86. The molecule has 0 radical (unpaired) electrons. The lowest BCUT2D eigenvalue weighted by molar-refractivity contribution is 0.0669. The summed E-state index contributed by atoms with van der Waals surface area (Å²) in [5.74, 6) is -0.676. The molecule has 1 heterocycles. The quantitative estimate of drug-likeness (QED) is 0.867. The van der Waals surface area contributed by atoms with Gasteiger partial charge in [0.05, 0.1) is 12.7 Å². The molecule has 1 aliphatic heterocycles. The molecule has 2 aromatic rings. The van der Waals surface area contributed by atoms with Gasteiger partial charge in [-0.15, -0.1) is 0 Å². The van der Waals surface area contributed by atoms with Crippen molar-refractivity contribution in [3.05, 3.63) is 53.6 Å². The Balaban J connectivity index is 1.81. The summed E-state index contributed by atoms with van der Waals surface area (Å²) in [5.41, 5.74) is 0.675. The van der Waals surface area contributed by atoms with Gasteiger partial charge in [0, 0.05) is 24.7 Å². The molecule has 1 aliphatic rings. The number of likely N-dealkylation sites (tertiary alicyclic amines) is 1. The Morgan fingerprint density at radius 1 is 1.22 bits per heavy atom. The molecule has 0 saturated carbocycles. The highest BCUT2D eigenvalue weighted by Crippen LogP contribution is 2.28. The SMILES string of the molecule is CNCC1CCCN(C(=O)c2ccc(-c3ccc(OC)cc3F)cc2F)C1. The van der Waals surface area contributed by atoms with Crippen LogP contribution >= 0.6 is 0 Å². The zero-order valence-electron chi connectivity index (χ0n) is 15.6. The van der Waals surface area contributed by atoms with Gasteiger partial charge in [0.25, 0.3) is 5.91 Å². The van der Waals surface area contributed by atoms with Crippen LogP contribution in [0.25, 0.3) is 11.1 Å². The van der Waals surface area contributed by atoms with Crippen LogP contribution in [0.3, 0.4) is 0 Å². The Morgan fingerprint density at radius 3 is 2.70 bits per heavy atom. The second-order valence-electron chi connectivity index (χ2n) is 6.86. The maximum atomic E-state index is 14.7. The summed E-state index contributed by atoms with van der Waals surface area (Å²) < 4.78 is 33.9.